The molecule has 1 aromatic rings. The molecule has 0 fully saturated rings. The highest BCUT2D eigenvalue weighted by Gasteiger charge is 2.13. The molecule has 0 saturated heterocycles. The van der Waals surface area contributed by atoms with E-state index in [0.29, 0.717) is 6.29 Å². The first kappa shape index (κ1) is 10.3. The minimum atomic E-state index is -0.996. The standard InChI is InChI=1S/C9H6F2O3/c10-6-2-1-3-7(11)9(6)14-8(13)4-5-12/h1-3,5H,4H2. The van der Waals surface area contributed by atoms with Crippen molar-refractivity contribution in [3.63, 3.8) is 0 Å². The second-order valence-corrected chi connectivity index (χ2v) is 2.40. The van der Waals surface area contributed by atoms with Crippen LogP contribution in [-0.2, 0) is 9.59 Å². The van der Waals surface area contributed by atoms with Gasteiger partial charge in [-0.05, 0) is 12.1 Å². The molecular weight excluding hydrogens is 194 g/mol. The van der Waals surface area contributed by atoms with Crippen LogP contribution in [-0.4, -0.2) is 12.3 Å². The lowest BCUT2D eigenvalue weighted by atomic mass is 10.3. The van der Waals surface area contributed by atoms with E-state index >= 15 is 0 Å². The van der Waals surface area contributed by atoms with Crippen molar-refractivity contribution in [2.45, 2.75) is 6.42 Å². The van der Waals surface area contributed by atoms with E-state index in [9.17, 15) is 18.4 Å². The maximum atomic E-state index is 12.8. The van der Waals surface area contributed by atoms with E-state index in [1.165, 1.54) is 0 Å². The van der Waals surface area contributed by atoms with Crippen LogP contribution in [0.3, 0.4) is 0 Å². The molecule has 3 nitrogen and oxygen atoms in total. The fraction of sp³-hybridized carbons (Fsp3) is 0.111. The molecular formula is C9H6F2O3. The number of hydrogen-bond donors (Lipinski definition) is 0. The van der Waals surface area contributed by atoms with Gasteiger partial charge in [-0.15, -0.1) is 0 Å². The lowest BCUT2D eigenvalue weighted by Gasteiger charge is -2.03. The van der Waals surface area contributed by atoms with E-state index in [-0.39, 0.29) is 0 Å². The Bertz CT molecular complexity index is 343. The van der Waals surface area contributed by atoms with E-state index in [0.717, 1.165) is 18.2 Å². The SMILES string of the molecule is O=CCC(=O)Oc1c(F)cccc1F. The Hall–Kier alpha value is -1.78. The number of halogens is 2. The number of carbonyl (C=O) groups excluding carboxylic acids is 2. The zero-order valence-electron chi connectivity index (χ0n) is 7.00. The predicted molar refractivity (Wildman–Crippen MR) is 42.7 cm³/mol. The molecule has 0 aliphatic rings. The van der Waals surface area contributed by atoms with Crippen LogP contribution in [0.1, 0.15) is 6.42 Å². The summed E-state index contributed by atoms with van der Waals surface area (Å²) in [5, 5.41) is 0. The van der Waals surface area contributed by atoms with Gasteiger partial charge < -0.3 is 9.53 Å². The summed E-state index contributed by atoms with van der Waals surface area (Å²) in [4.78, 5) is 20.6. The third-order valence-electron chi connectivity index (χ3n) is 1.38. The van der Waals surface area contributed by atoms with Gasteiger partial charge in [0, 0.05) is 0 Å². The zero-order chi connectivity index (χ0) is 10.6. The van der Waals surface area contributed by atoms with Gasteiger partial charge in [0.15, 0.2) is 11.6 Å². The Morgan fingerprint density at radius 2 is 1.93 bits per heavy atom. The van der Waals surface area contributed by atoms with Crippen molar-refractivity contribution in [3.8, 4) is 5.75 Å². The molecule has 74 valence electrons. The third kappa shape index (κ3) is 2.35. The first-order chi connectivity index (χ1) is 6.65. The van der Waals surface area contributed by atoms with E-state index < -0.39 is 29.8 Å². The molecule has 0 unspecified atom stereocenters. The smallest absolute Gasteiger partial charge is 0.318 e. The monoisotopic (exact) mass is 200 g/mol. The number of carbonyl (C=O) groups is 2. The maximum absolute atomic E-state index is 12.8. The number of esters is 1. The van der Waals surface area contributed by atoms with E-state index in [1.54, 1.807) is 0 Å². The molecule has 0 heterocycles. The zero-order valence-corrected chi connectivity index (χ0v) is 7.00. The molecule has 0 N–H and O–H groups in total. The van der Waals surface area contributed by atoms with Crippen LogP contribution in [0.2, 0.25) is 0 Å². The summed E-state index contributed by atoms with van der Waals surface area (Å²) in [5.41, 5.74) is 0. The van der Waals surface area contributed by atoms with Crippen LogP contribution in [0.5, 0.6) is 5.75 Å². The molecule has 0 atom stereocenters. The minimum absolute atomic E-state index is 0.293. The molecule has 1 rings (SSSR count). The Morgan fingerprint density at radius 1 is 1.36 bits per heavy atom. The largest absolute Gasteiger partial charge is 0.420 e. The van der Waals surface area contributed by atoms with Crippen molar-refractivity contribution in [1.82, 2.24) is 0 Å². The highest BCUT2D eigenvalue weighted by atomic mass is 19.1. The van der Waals surface area contributed by atoms with Crippen LogP contribution < -0.4 is 4.74 Å². The molecule has 0 radical (unpaired) electrons. The average molecular weight is 200 g/mol. The van der Waals surface area contributed by atoms with Crippen molar-refractivity contribution in [2.24, 2.45) is 0 Å². The van der Waals surface area contributed by atoms with Gasteiger partial charge in [0.25, 0.3) is 0 Å². The number of para-hydroxylation sites is 1. The Morgan fingerprint density at radius 3 is 2.43 bits per heavy atom. The summed E-state index contributed by atoms with van der Waals surface area (Å²) in [6.07, 6.45) is -0.241. The van der Waals surface area contributed by atoms with Crippen molar-refractivity contribution >= 4 is 12.3 Å². The van der Waals surface area contributed by atoms with Gasteiger partial charge >= 0.3 is 5.97 Å². The van der Waals surface area contributed by atoms with Gasteiger partial charge in [-0.1, -0.05) is 6.07 Å². The lowest BCUT2D eigenvalue weighted by molar-refractivity contribution is -0.136. The molecule has 0 aliphatic heterocycles. The first-order valence-corrected chi connectivity index (χ1v) is 3.73. The maximum Gasteiger partial charge on any atom is 0.318 e. The molecule has 0 amide bonds. The van der Waals surface area contributed by atoms with Crippen molar-refractivity contribution in [1.29, 1.82) is 0 Å². The van der Waals surface area contributed by atoms with Gasteiger partial charge in [0.2, 0.25) is 5.75 Å². The Balaban J connectivity index is 2.85. The molecule has 1 aromatic carbocycles. The number of aldehydes is 1. The van der Waals surface area contributed by atoms with Crippen molar-refractivity contribution in [2.75, 3.05) is 0 Å². The number of rotatable bonds is 3. The molecule has 0 bridgehead atoms. The van der Waals surface area contributed by atoms with Gasteiger partial charge in [0.1, 0.15) is 12.7 Å². The molecule has 5 heteroatoms. The van der Waals surface area contributed by atoms with Crippen molar-refractivity contribution < 1.29 is 23.1 Å². The van der Waals surface area contributed by atoms with Gasteiger partial charge in [-0.3, -0.25) is 4.79 Å². The number of benzene rings is 1. The Labute approximate surface area is 78.3 Å². The third-order valence-corrected chi connectivity index (χ3v) is 1.38. The number of hydrogen-bond acceptors (Lipinski definition) is 3. The second kappa shape index (κ2) is 4.45. The predicted octanol–water partition coefficient (Wildman–Crippen LogP) is 1.46. The molecule has 0 saturated carbocycles. The number of ether oxygens (including phenoxy) is 1. The summed E-state index contributed by atoms with van der Waals surface area (Å²) in [5.74, 6) is -3.74. The van der Waals surface area contributed by atoms with Crippen LogP contribution in [0, 0.1) is 11.6 Å². The topological polar surface area (TPSA) is 43.4 Å². The highest BCUT2D eigenvalue weighted by molar-refractivity contribution is 5.85. The van der Waals surface area contributed by atoms with E-state index in [4.69, 9.17) is 0 Å². The van der Waals surface area contributed by atoms with Crippen LogP contribution in [0.25, 0.3) is 0 Å². The first-order valence-electron chi connectivity index (χ1n) is 3.73. The normalized spacial score (nSPS) is 9.57. The van der Waals surface area contributed by atoms with E-state index in [1.807, 2.05) is 0 Å². The van der Waals surface area contributed by atoms with Crippen LogP contribution >= 0.6 is 0 Å². The summed E-state index contributed by atoms with van der Waals surface area (Å²) in [6, 6.07) is 3.04. The fourth-order valence-corrected chi connectivity index (χ4v) is 0.804. The fourth-order valence-electron chi connectivity index (χ4n) is 0.804. The van der Waals surface area contributed by atoms with Gasteiger partial charge in [-0.2, -0.15) is 0 Å². The van der Waals surface area contributed by atoms with Gasteiger partial charge in [0.05, 0.1) is 0 Å². The van der Waals surface area contributed by atoms with Gasteiger partial charge in [-0.25, -0.2) is 8.78 Å². The quantitative estimate of drug-likeness (QED) is 0.321. The summed E-state index contributed by atoms with van der Waals surface area (Å²) >= 11 is 0. The summed E-state index contributed by atoms with van der Waals surface area (Å²) < 4.78 is 30.0. The molecule has 0 aliphatic carbocycles. The lowest BCUT2D eigenvalue weighted by Crippen LogP contribution is -2.10. The minimum Gasteiger partial charge on any atom is -0.420 e. The second-order valence-electron chi connectivity index (χ2n) is 2.40. The highest BCUT2D eigenvalue weighted by Crippen LogP contribution is 2.20. The van der Waals surface area contributed by atoms with E-state index in [2.05, 4.69) is 4.74 Å². The van der Waals surface area contributed by atoms with Crippen LogP contribution in [0.4, 0.5) is 8.78 Å². The summed E-state index contributed by atoms with van der Waals surface area (Å²) in [6.45, 7) is 0. The molecule has 0 spiro atoms. The Kier molecular flexibility index (Phi) is 3.28. The summed E-state index contributed by atoms with van der Waals surface area (Å²) in [7, 11) is 0. The van der Waals surface area contributed by atoms with Crippen molar-refractivity contribution in [3.05, 3.63) is 29.8 Å². The average Bonchev–Trinajstić information content (AvgIpc) is 2.12. The van der Waals surface area contributed by atoms with Crippen LogP contribution in [0.15, 0.2) is 18.2 Å². The molecule has 0 aromatic heterocycles. The molecule has 14 heavy (non-hydrogen) atoms.